The van der Waals surface area contributed by atoms with Gasteiger partial charge in [-0.3, -0.25) is 9.69 Å². The zero-order valence-electron chi connectivity index (χ0n) is 11.6. The maximum Gasteiger partial charge on any atom is 0.307 e. The normalized spacial score (nSPS) is 33.6. The van der Waals surface area contributed by atoms with Crippen LogP contribution in [0.5, 0.6) is 0 Å². The number of nitrogens with zero attached hydrogens (tertiary/aromatic N) is 1. The van der Waals surface area contributed by atoms with Gasteiger partial charge in [0.05, 0.1) is 26.2 Å². The average Bonchev–Trinajstić information content (AvgIpc) is 2.73. The summed E-state index contributed by atoms with van der Waals surface area (Å²) >= 11 is 0. The van der Waals surface area contributed by atoms with Gasteiger partial charge in [-0.1, -0.05) is 6.92 Å². The molecule has 2 atom stereocenters. The maximum atomic E-state index is 11.9. The van der Waals surface area contributed by atoms with Crippen LogP contribution in [0.1, 0.15) is 39.5 Å². The first-order chi connectivity index (χ1) is 8.66. The summed E-state index contributed by atoms with van der Waals surface area (Å²) < 4.78 is 10.6. The summed E-state index contributed by atoms with van der Waals surface area (Å²) in [7, 11) is 0. The summed E-state index contributed by atoms with van der Waals surface area (Å²) in [6, 6.07) is 0. The summed E-state index contributed by atoms with van der Waals surface area (Å²) in [6.07, 6.45) is 4.00. The van der Waals surface area contributed by atoms with E-state index in [1.165, 1.54) is 6.42 Å². The first-order valence-electron chi connectivity index (χ1n) is 7.15. The molecule has 1 saturated heterocycles. The van der Waals surface area contributed by atoms with Crippen LogP contribution in [-0.2, 0) is 14.3 Å². The van der Waals surface area contributed by atoms with Crippen LogP contribution in [0.2, 0.25) is 0 Å². The molecule has 4 heteroatoms. The fourth-order valence-corrected chi connectivity index (χ4v) is 3.45. The van der Waals surface area contributed by atoms with E-state index >= 15 is 0 Å². The summed E-state index contributed by atoms with van der Waals surface area (Å²) in [6.45, 7) is 8.12. The average molecular weight is 255 g/mol. The molecule has 0 amide bonds. The molecule has 1 aliphatic carbocycles. The number of carbonyl (C=O) groups excluding carboxylic acids is 1. The van der Waals surface area contributed by atoms with Gasteiger partial charge in [0.1, 0.15) is 0 Å². The van der Waals surface area contributed by atoms with Crippen LogP contribution in [0.15, 0.2) is 0 Å². The van der Waals surface area contributed by atoms with Gasteiger partial charge in [0.15, 0.2) is 0 Å². The number of hydrogen-bond acceptors (Lipinski definition) is 4. The zero-order valence-corrected chi connectivity index (χ0v) is 11.6. The highest BCUT2D eigenvalue weighted by Gasteiger charge is 2.44. The van der Waals surface area contributed by atoms with Crippen LogP contribution in [0.25, 0.3) is 0 Å². The zero-order chi connectivity index (χ0) is 13.0. The van der Waals surface area contributed by atoms with Gasteiger partial charge in [-0.15, -0.1) is 0 Å². The van der Waals surface area contributed by atoms with Crippen molar-refractivity contribution in [3.8, 4) is 0 Å². The summed E-state index contributed by atoms with van der Waals surface area (Å²) in [4.78, 5) is 14.3. The van der Waals surface area contributed by atoms with Crippen molar-refractivity contribution >= 4 is 5.97 Å². The predicted molar refractivity (Wildman–Crippen MR) is 69.4 cm³/mol. The Hall–Kier alpha value is -0.610. The van der Waals surface area contributed by atoms with Gasteiger partial charge >= 0.3 is 5.97 Å². The van der Waals surface area contributed by atoms with Gasteiger partial charge in [-0.2, -0.15) is 0 Å². The Balaban J connectivity index is 2.05. The fraction of sp³-hybridized carbons (Fsp3) is 0.929. The standard InChI is InChI=1S/C14H25NO3/c1-3-18-13(16)11-14(5-4-12(2)10-14)15-6-8-17-9-7-15/h12H,3-11H2,1-2H3. The molecule has 0 bridgehead atoms. The molecular weight excluding hydrogens is 230 g/mol. The molecule has 4 nitrogen and oxygen atoms in total. The molecule has 0 aromatic heterocycles. The minimum Gasteiger partial charge on any atom is -0.466 e. The van der Waals surface area contributed by atoms with Crippen LogP contribution in [0, 0.1) is 5.92 Å². The smallest absolute Gasteiger partial charge is 0.307 e. The molecule has 1 aliphatic heterocycles. The first-order valence-corrected chi connectivity index (χ1v) is 7.15. The van der Waals surface area contributed by atoms with Crippen molar-refractivity contribution in [1.29, 1.82) is 0 Å². The van der Waals surface area contributed by atoms with Crippen LogP contribution < -0.4 is 0 Å². The number of morpholine rings is 1. The molecule has 2 aliphatic rings. The topological polar surface area (TPSA) is 38.8 Å². The highest BCUT2D eigenvalue weighted by atomic mass is 16.5. The monoisotopic (exact) mass is 255 g/mol. The number of ether oxygens (including phenoxy) is 2. The first kappa shape index (κ1) is 13.8. The molecule has 104 valence electrons. The second-order valence-corrected chi connectivity index (χ2v) is 5.65. The summed E-state index contributed by atoms with van der Waals surface area (Å²) in [5, 5.41) is 0. The van der Waals surface area contributed by atoms with Crippen LogP contribution >= 0.6 is 0 Å². The molecule has 2 unspecified atom stereocenters. The predicted octanol–water partition coefficient (Wildman–Crippen LogP) is 1.83. The van der Waals surface area contributed by atoms with E-state index in [0.29, 0.717) is 18.9 Å². The van der Waals surface area contributed by atoms with E-state index in [-0.39, 0.29) is 11.5 Å². The Labute approximate surface area is 110 Å². The van der Waals surface area contributed by atoms with E-state index in [4.69, 9.17) is 9.47 Å². The Kier molecular flexibility index (Phi) is 4.62. The molecule has 0 spiro atoms. The summed E-state index contributed by atoms with van der Waals surface area (Å²) in [5.41, 5.74) is 0.0372. The lowest BCUT2D eigenvalue weighted by atomic mass is 9.89. The maximum absolute atomic E-state index is 11.9. The molecule has 1 heterocycles. The second-order valence-electron chi connectivity index (χ2n) is 5.65. The van der Waals surface area contributed by atoms with E-state index in [0.717, 1.165) is 39.1 Å². The molecular formula is C14H25NO3. The Bertz CT molecular complexity index is 289. The van der Waals surface area contributed by atoms with Gasteiger partial charge < -0.3 is 9.47 Å². The number of carbonyl (C=O) groups is 1. The van der Waals surface area contributed by atoms with Crippen molar-refractivity contribution in [3.63, 3.8) is 0 Å². The summed E-state index contributed by atoms with van der Waals surface area (Å²) in [5.74, 6) is 0.667. The number of hydrogen-bond donors (Lipinski definition) is 0. The highest BCUT2D eigenvalue weighted by molar-refractivity contribution is 5.71. The quantitative estimate of drug-likeness (QED) is 0.718. The molecule has 0 N–H and O–H groups in total. The van der Waals surface area contributed by atoms with Crippen LogP contribution in [0.3, 0.4) is 0 Å². The Morgan fingerprint density at radius 2 is 2.17 bits per heavy atom. The van der Waals surface area contributed by atoms with Gasteiger partial charge in [0.25, 0.3) is 0 Å². The lowest BCUT2D eigenvalue weighted by Gasteiger charge is -2.43. The third-order valence-electron chi connectivity index (χ3n) is 4.29. The van der Waals surface area contributed by atoms with Crippen molar-refractivity contribution in [2.45, 2.75) is 45.1 Å². The van der Waals surface area contributed by atoms with Crippen LogP contribution in [-0.4, -0.2) is 49.3 Å². The van der Waals surface area contributed by atoms with Gasteiger partial charge in [0.2, 0.25) is 0 Å². The minimum atomic E-state index is -0.0434. The van der Waals surface area contributed by atoms with Crippen molar-refractivity contribution in [2.24, 2.45) is 5.92 Å². The Morgan fingerprint density at radius 3 is 2.72 bits per heavy atom. The molecule has 18 heavy (non-hydrogen) atoms. The van der Waals surface area contributed by atoms with E-state index in [2.05, 4.69) is 11.8 Å². The van der Waals surface area contributed by atoms with Gasteiger partial charge in [0, 0.05) is 18.6 Å². The minimum absolute atomic E-state index is 0.0372. The van der Waals surface area contributed by atoms with Gasteiger partial charge in [-0.05, 0) is 32.1 Å². The lowest BCUT2D eigenvalue weighted by molar-refractivity contribution is -0.147. The largest absolute Gasteiger partial charge is 0.466 e. The molecule has 0 aromatic carbocycles. The molecule has 0 radical (unpaired) electrons. The molecule has 1 saturated carbocycles. The van der Waals surface area contributed by atoms with E-state index in [1.54, 1.807) is 0 Å². The fourth-order valence-electron chi connectivity index (χ4n) is 3.45. The van der Waals surface area contributed by atoms with Crippen molar-refractivity contribution in [3.05, 3.63) is 0 Å². The van der Waals surface area contributed by atoms with Crippen LogP contribution in [0.4, 0.5) is 0 Å². The van der Waals surface area contributed by atoms with Crippen molar-refractivity contribution in [2.75, 3.05) is 32.9 Å². The van der Waals surface area contributed by atoms with E-state index in [1.807, 2.05) is 6.92 Å². The molecule has 0 aromatic rings. The highest BCUT2D eigenvalue weighted by Crippen LogP contribution is 2.41. The molecule has 2 rings (SSSR count). The second kappa shape index (κ2) is 6.02. The SMILES string of the molecule is CCOC(=O)CC1(N2CCOCC2)CCC(C)C1. The number of rotatable bonds is 4. The Morgan fingerprint density at radius 1 is 1.44 bits per heavy atom. The molecule has 2 fully saturated rings. The third-order valence-corrected chi connectivity index (χ3v) is 4.29. The van der Waals surface area contributed by atoms with E-state index < -0.39 is 0 Å². The number of esters is 1. The van der Waals surface area contributed by atoms with E-state index in [9.17, 15) is 4.79 Å². The van der Waals surface area contributed by atoms with Gasteiger partial charge in [-0.25, -0.2) is 0 Å². The van der Waals surface area contributed by atoms with Crippen molar-refractivity contribution < 1.29 is 14.3 Å². The van der Waals surface area contributed by atoms with Crippen molar-refractivity contribution in [1.82, 2.24) is 4.90 Å². The lowest BCUT2D eigenvalue weighted by Crippen LogP contribution is -2.53. The third kappa shape index (κ3) is 3.04.